The number of aromatic nitrogens is 2. The lowest BCUT2D eigenvalue weighted by Crippen LogP contribution is -2.47. The fourth-order valence-corrected chi connectivity index (χ4v) is 3.59. The molecule has 2 aromatic carbocycles. The average Bonchev–Trinajstić information content (AvgIpc) is 2.70. The summed E-state index contributed by atoms with van der Waals surface area (Å²) >= 11 is 6.03. The largest absolute Gasteiger partial charge is 0.492 e. The number of piperazine rings is 1. The Balaban J connectivity index is 1.28. The number of rotatable bonds is 6. The molecule has 0 saturated carbocycles. The minimum atomic E-state index is -0.117. The molecule has 0 spiro atoms. The molecule has 0 atom stereocenters. The van der Waals surface area contributed by atoms with Gasteiger partial charge in [-0.05, 0) is 30.3 Å². The number of benzene rings is 2. The van der Waals surface area contributed by atoms with Crippen LogP contribution >= 0.6 is 11.6 Å². The van der Waals surface area contributed by atoms with Gasteiger partial charge in [-0.3, -0.25) is 14.6 Å². The summed E-state index contributed by atoms with van der Waals surface area (Å²) in [7, 11) is 0. The van der Waals surface area contributed by atoms with Crippen LogP contribution in [-0.4, -0.2) is 59.1 Å². The maximum atomic E-state index is 12.3. The predicted molar refractivity (Wildman–Crippen MR) is 111 cm³/mol. The summed E-state index contributed by atoms with van der Waals surface area (Å²) in [5, 5.41) is 1.15. The zero-order valence-electron chi connectivity index (χ0n) is 15.6. The van der Waals surface area contributed by atoms with Gasteiger partial charge in [0.15, 0.2) is 0 Å². The Hall–Kier alpha value is -2.41. The Labute approximate surface area is 168 Å². The van der Waals surface area contributed by atoms with E-state index in [0.717, 1.165) is 38.5 Å². The standard InChI is InChI=1S/C21H23ClN4O2/c22-16-6-7-18-19(14-16)23-20(24-21(18)27)15-26-10-8-25(9-11-26)12-13-28-17-4-2-1-3-5-17/h1-7,14H,8-13,15H2,(H,23,24,27). The topological polar surface area (TPSA) is 61.5 Å². The molecule has 0 aliphatic carbocycles. The molecule has 0 bridgehead atoms. The van der Waals surface area contributed by atoms with Crippen molar-refractivity contribution in [1.29, 1.82) is 0 Å². The molecule has 6 nitrogen and oxygen atoms in total. The molecule has 1 aliphatic rings. The number of aromatic amines is 1. The van der Waals surface area contributed by atoms with E-state index in [4.69, 9.17) is 16.3 Å². The molecular formula is C21H23ClN4O2. The van der Waals surface area contributed by atoms with Gasteiger partial charge >= 0.3 is 0 Å². The first-order chi connectivity index (χ1) is 13.7. The summed E-state index contributed by atoms with van der Waals surface area (Å²) in [5.41, 5.74) is 0.524. The maximum absolute atomic E-state index is 12.3. The molecule has 146 valence electrons. The van der Waals surface area contributed by atoms with E-state index in [1.54, 1.807) is 18.2 Å². The Morgan fingerprint density at radius 3 is 2.57 bits per heavy atom. The molecule has 7 heteroatoms. The van der Waals surface area contributed by atoms with Gasteiger partial charge in [-0.1, -0.05) is 29.8 Å². The third kappa shape index (κ3) is 4.70. The Bertz CT molecular complexity index is 985. The number of ether oxygens (including phenoxy) is 1. The molecule has 1 aromatic heterocycles. The normalized spacial score (nSPS) is 15.8. The Kier molecular flexibility index (Phi) is 5.90. The fraction of sp³-hybridized carbons (Fsp3) is 0.333. The molecule has 1 aliphatic heterocycles. The number of hydrogen-bond acceptors (Lipinski definition) is 5. The lowest BCUT2D eigenvalue weighted by molar-refractivity contribution is 0.111. The summed E-state index contributed by atoms with van der Waals surface area (Å²) in [5.74, 6) is 1.59. The van der Waals surface area contributed by atoms with Gasteiger partial charge in [-0.25, -0.2) is 4.98 Å². The van der Waals surface area contributed by atoms with Crippen molar-refractivity contribution in [3.63, 3.8) is 0 Å². The van der Waals surface area contributed by atoms with Gasteiger partial charge in [0.2, 0.25) is 0 Å². The quantitative estimate of drug-likeness (QED) is 0.691. The van der Waals surface area contributed by atoms with Crippen molar-refractivity contribution < 1.29 is 4.74 Å². The van der Waals surface area contributed by atoms with Crippen molar-refractivity contribution in [3.8, 4) is 5.75 Å². The lowest BCUT2D eigenvalue weighted by Gasteiger charge is -2.34. The Morgan fingerprint density at radius 1 is 1.04 bits per heavy atom. The predicted octanol–water partition coefficient (Wildman–Crippen LogP) is 2.77. The van der Waals surface area contributed by atoms with E-state index in [2.05, 4.69) is 19.8 Å². The van der Waals surface area contributed by atoms with Crippen LogP contribution < -0.4 is 10.3 Å². The highest BCUT2D eigenvalue weighted by Crippen LogP contribution is 2.15. The van der Waals surface area contributed by atoms with E-state index in [9.17, 15) is 4.79 Å². The van der Waals surface area contributed by atoms with E-state index in [1.807, 2.05) is 30.3 Å². The number of para-hydroxylation sites is 1. The van der Waals surface area contributed by atoms with Crippen LogP contribution in [0.15, 0.2) is 53.3 Å². The van der Waals surface area contributed by atoms with Gasteiger partial charge in [0.05, 0.1) is 17.4 Å². The minimum Gasteiger partial charge on any atom is -0.492 e. The minimum absolute atomic E-state index is 0.117. The highest BCUT2D eigenvalue weighted by Gasteiger charge is 2.18. The third-order valence-corrected chi connectivity index (χ3v) is 5.21. The molecule has 0 amide bonds. The van der Waals surface area contributed by atoms with Gasteiger partial charge in [-0.15, -0.1) is 0 Å². The third-order valence-electron chi connectivity index (χ3n) is 4.98. The number of fused-ring (bicyclic) bond motifs is 1. The van der Waals surface area contributed by atoms with Gasteiger partial charge in [0, 0.05) is 37.7 Å². The monoisotopic (exact) mass is 398 g/mol. The number of H-pyrrole nitrogens is 1. The molecule has 2 heterocycles. The van der Waals surface area contributed by atoms with Gasteiger partial charge in [0.25, 0.3) is 5.56 Å². The van der Waals surface area contributed by atoms with Crippen molar-refractivity contribution >= 4 is 22.5 Å². The molecule has 1 saturated heterocycles. The zero-order chi connectivity index (χ0) is 19.3. The average molecular weight is 399 g/mol. The van der Waals surface area contributed by atoms with Crippen LogP contribution in [0.3, 0.4) is 0 Å². The lowest BCUT2D eigenvalue weighted by atomic mass is 10.2. The first-order valence-corrected chi connectivity index (χ1v) is 9.86. The van der Waals surface area contributed by atoms with E-state index in [0.29, 0.717) is 34.9 Å². The number of nitrogens with zero attached hydrogens (tertiary/aromatic N) is 3. The highest BCUT2D eigenvalue weighted by molar-refractivity contribution is 6.31. The van der Waals surface area contributed by atoms with Gasteiger partial charge < -0.3 is 9.72 Å². The molecule has 4 rings (SSSR count). The van der Waals surface area contributed by atoms with Crippen molar-refractivity contribution in [2.24, 2.45) is 0 Å². The molecule has 0 radical (unpaired) electrons. The van der Waals surface area contributed by atoms with Crippen LogP contribution in [0.5, 0.6) is 5.75 Å². The van der Waals surface area contributed by atoms with Crippen LogP contribution in [0.4, 0.5) is 0 Å². The molecule has 28 heavy (non-hydrogen) atoms. The smallest absolute Gasteiger partial charge is 0.258 e. The second kappa shape index (κ2) is 8.73. The second-order valence-electron chi connectivity index (χ2n) is 6.95. The second-order valence-corrected chi connectivity index (χ2v) is 7.39. The number of nitrogens with one attached hydrogen (secondary N) is 1. The Morgan fingerprint density at radius 2 is 1.79 bits per heavy atom. The first-order valence-electron chi connectivity index (χ1n) is 9.48. The van der Waals surface area contributed by atoms with Gasteiger partial charge in [0.1, 0.15) is 18.2 Å². The van der Waals surface area contributed by atoms with Crippen LogP contribution in [0.2, 0.25) is 5.02 Å². The number of halogens is 1. The van der Waals surface area contributed by atoms with E-state index < -0.39 is 0 Å². The summed E-state index contributed by atoms with van der Waals surface area (Å²) in [6, 6.07) is 15.1. The van der Waals surface area contributed by atoms with Crippen molar-refractivity contribution in [2.45, 2.75) is 6.54 Å². The van der Waals surface area contributed by atoms with Crippen LogP contribution in [-0.2, 0) is 6.54 Å². The summed E-state index contributed by atoms with van der Waals surface area (Å²) in [4.78, 5) is 24.4. The summed E-state index contributed by atoms with van der Waals surface area (Å²) in [6.07, 6.45) is 0. The summed E-state index contributed by atoms with van der Waals surface area (Å²) in [6.45, 7) is 6.04. The summed E-state index contributed by atoms with van der Waals surface area (Å²) < 4.78 is 5.78. The molecular weight excluding hydrogens is 376 g/mol. The van der Waals surface area contributed by atoms with E-state index in [-0.39, 0.29) is 5.56 Å². The van der Waals surface area contributed by atoms with Crippen molar-refractivity contribution in [1.82, 2.24) is 19.8 Å². The maximum Gasteiger partial charge on any atom is 0.258 e. The number of hydrogen-bond donors (Lipinski definition) is 1. The van der Waals surface area contributed by atoms with Crippen LogP contribution in [0.1, 0.15) is 5.82 Å². The fourth-order valence-electron chi connectivity index (χ4n) is 3.43. The van der Waals surface area contributed by atoms with Crippen molar-refractivity contribution in [3.05, 3.63) is 69.7 Å². The SMILES string of the molecule is O=c1[nH]c(CN2CCN(CCOc3ccccc3)CC2)nc2cc(Cl)ccc12. The highest BCUT2D eigenvalue weighted by atomic mass is 35.5. The van der Waals surface area contributed by atoms with Crippen molar-refractivity contribution in [2.75, 3.05) is 39.3 Å². The van der Waals surface area contributed by atoms with E-state index >= 15 is 0 Å². The molecule has 3 aromatic rings. The van der Waals surface area contributed by atoms with E-state index in [1.165, 1.54) is 0 Å². The molecule has 0 unspecified atom stereocenters. The van der Waals surface area contributed by atoms with Gasteiger partial charge in [-0.2, -0.15) is 0 Å². The molecule has 1 fully saturated rings. The zero-order valence-corrected chi connectivity index (χ0v) is 16.4. The van der Waals surface area contributed by atoms with Crippen LogP contribution in [0.25, 0.3) is 10.9 Å². The van der Waals surface area contributed by atoms with Crippen LogP contribution in [0, 0.1) is 0 Å². The molecule has 1 N–H and O–H groups in total. The first kappa shape index (κ1) is 18.9.